The maximum Gasteiger partial charge on any atom is 0.123 e. The van der Waals surface area contributed by atoms with Crippen LogP contribution < -0.4 is 10.5 Å². The molecule has 0 atom stereocenters. The second kappa shape index (κ2) is 8.34. The van der Waals surface area contributed by atoms with E-state index >= 15 is 0 Å². The van der Waals surface area contributed by atoms with Gasteiger partial charge in [0.05, 0.1) is 13.7 Å². The number of aliphatic hydroxyl groups is 1. The molecule has 0 aromatic heterocycles. The molecule has 1 saturated heterocycles. The average Bonchev–Trinajstić information content (AvgIpc) is 2.73. The summed E-state index contributed by atoms with van der Waals surface area (Å²) < 4.78 is 5.47. The van der Waals surface area contributed by atoms with E-state index in [0.717, 1.165) is 57.0 Å². The number of ether oxygens (including phenoxy) is 1. The predicted octanol–water partition coefficient (Wildman–Crippen LogP) is 0.654. The average molecular weight is 293 g/mol. The lowest BCUT2D eigenvalue weighted by Gasteiger charge is -2.22. The van der Waals surface area contributed by atoms with Crippen molar-refractivity contribution in [2.75, 3.05) is 46.4 Å². The molecule has 118 valence electrons. The highest BCUT2D eigenvalue weighted by molar-refractivity contribution is 5.37. The Morgan fingerprint density at radius 1 is 1.19 bits per heavy atom. The lowest BCUT2D eigenvalue weighted by molar-refractivity contribution is 0.195. The Hall–Kier alpha value is -1.14. The normalized spacial score (nSPS) is 17.7. The van der Waals surface area contributed by atoms with Gasteiger partial charge in [-0.05, 0) is 37.2 Å². The number of aliphatic hydroxyl groups excluding tert-OH is 1. The Bertz CT molecular complexity index is 440. The summed E-state index contributed by atoms with van der Waals surface area (Å²) in [6.07, 6.45) is 1.14. The van der Waals surface area contributed by atoms with Crippen molar-refractivity contribution in [1.29, 1.82) is 0 Å². The summed E-state index contributed by atoms with van der Waals surface area (Å²) in [6.45, 7) is 6.65. The summed E-state index contributed by atoms with van der Waals surface area (Å²) in [4.78, 5) is 4.78. The largest absolute Gasteiger partial charge is 0.496 e. The lowest BCUT2D eigenvalue weighted by atomic mass is 10.1. The zero-order chi connectivity index (χ0) is 15.1. The molecule has 2 rings (SSSR count). The van der Waals surface area contributed by atoms with Crippen molar-refractivity contribution < 1.29 is 9.84 Å². The number of β-amino-alcohol motifs (C(OH)–C–C–N with tert-alkyl or cyclic N) is 1. The van der Waals surface area contributed by atoms with E-state index in [2.05, 4.69) is 15.9 Å². The Kier molecular flexibility index (Phi) is 6.45. The highest BCUT2D eigenvalue weighted by Crippen LogP contribution is 2.22. The molecule has 1 fully saturated rings. The molecule has 5 nitrogen and oxygen atoms in total. The number of nitrogens with two attached hydrogens (primary N) is 1. The number of hydrogen-bond acceptors (Lipinski definition) is 5. The van der Waals surface area contributed by atoms with Crippen LogP contribution >= 0.6 is 0 Å². The van der Waals surface area contributed by atoms with E-state index in [1.807, 2.05) is 12.1 Å². The molecule has 0 amide bonds. The van der Waals surface area contributed by atoms with Gasteiger partial charge in [0.25, 0.3) is 0 Å². The summed E-state index contributed by atoms with van der Waals surface area (Å²) in [5, 5.41) is 9.05. The van der Waals surface area contributed by atoms with Crippen LogP contribution in [0.5, 0.6) is 5.75 Å². The van der Waals surface area contributed by atoms with Gasteiger partial charge in [0.15, 0.2) is 0 Å². The first-order valence-corrected chi connectivity index (χ1v) is 7.68. The van der Waals surface area contributed by atoms with Crippen LogP contribution in [0.2, 0.25) is 0 Å². The van der Waals surface area contributed by atoms with E-state index in [1.165, 1.54) is 5.56 Å². The van der Waals surface area contributed by atoms with Crippen LogP contribution in [-0.4, -0.2) is 61.3 Å². The fourth-order valence-corrected chi connectivity index (χ4v) is 2.87. The molecule has 0 bridgehead atoms. The molecular weight excluding hydrogens is 266 g/mol. The van der Waals surface area contributed by atoms with Crippen molar-refractivity contribution in [3.63, 3.8) is 0 Å². The van der Waals surface area contributed by atoms with Crippen LogP contribution in [0, 0.1) is 0 Å². The van der Waals surface area contributed by atoms with Crippen LogP contribution in [0.25, 0.3) is 0 Å². The summed E-state index contributed by atoms with van der Waals surface area (Å²) in [5.41, 5.74) is 8.08. The molecule has 1 aromatic rings. The Morgan fingerprint density at radius 3 is 2.67 bits per heavy atom. The molecule has 21 heavy (non-hydrogen) atoms. The van der Waals surface area contributed by atoms with Gasteiger partial charge in [-0.15, -0.1) is 0 Å². The van der Waals surface area contributed by atoms with Crippen molar-refractivity contribution >= 4 is 0 Å². The summed E-state index contributed by atoms with van der Waals surface area (Å²) in [5.74, 6) is 0.934. The van der Waals surface area contributed by atoms with Crippen LogP contribution in [0.15, 0.2) is 18.2 Å². The van der Waals surface area contributed by atoms with Gasteiger partial charge < -0.3 is 15.6 Å². The number of nitrogens with zero attached hydrogens (tertiary/aromatic N) is 2. The Balaban J connectivity index is 2.00. The second-order valence-electron chi connectivity index (χ2n) is 5.55. The van der Waals surface area contributed by atoms with Gasteiger partial charge >= 0.3 is 0 Å². The van der Waals surface area contributed by atoms with Gasteiger partial charge in [-0.3, -0.25) is 9.80 Å². The van der Waals surface area contributed by atoms with Crippen molar-refractivity contribution in [3.05, 3.63) is 29.3 Å². The standard InChI is InChI=1S/C16H27N3O2/c1-21-16-4-3-14(12-17)11-15(16)13-19-6-2-5-18(7-8-19)9-10-20/h3-4,11,20H,2,5-10,12-13,17H2,1H3. The molecule has 0 spiro atoms. The van der Waals surface area contributed by atoms with Crippen molar-refractivity contribution in [3.8, 4) is 5.75 Å². The Labute approximate surface area is 127 Å². The van der Waals surface area contributed by atoms with Crippen molar-refractivity contribution in [2.45, 2.75) is 19.5 Å². The van der Waals surface area contributed by atoms with Crippen LogP contribution in [0.4, 0.5) is 0 Å². The first kappa shape index (κ1) is 16.2. The molecule has 1 aromatic carbocycles. The smallest absolute Gasteiger partial charge is 0.123 e. The minimum absolute atomic E-state index is 0.242. The van der Waals surface area contributed by atoms with E-state index in [9.17, 15) is 0 Å². The topological polar surface area (TPSA) is 62.0 Å². The third-order valence-electron chi connectivity index (χ3n) is 4.07. The number of hydrogen-bond donors (Lipinski definition) is 2. The van der Waals surface area contributed by atoms with E-state index in [-0.39, 0.29) is 6.61 Å². The zero-order valence-electron chi connectivity index (χ0n) is 12.9. The first-order chi connectivity index (χ1) is 10.3. The molecule has 1 aliphatic heterocycles. The SMILES string of the molecule is COc1ccc(CN)cc1CN1CCCN(CCO)CC1. The Morgan fingerprint density at radius 2 is 1.95 bits per heavy atom. The maximum atomic E-state index is 9.05. The fourth-order valence-electron chi connectivity index (χ4n) is 2.87. The number of rotatable bonds is 6. The quantitative estimate of drug-likeness (QED) is 0.806. The maximum absolute atomic E-state index is 9.05. The van der Waals surface area contributed by atoms with Gasteiger partial charge in [-0.25, -0.2) is 0 Å². The predicted molar refractivity (Wildman–Crippen MR) is 84.3 cm³/mol. The minimum atomic E-state index is 0.242. The highest BCUT2D eigenvalue weighted by atomic mass is 16.5. The summed E-state index contributed by atoms with van der Waals surface area (Å²) in [6, 6.07) is 6.18. The third kappa shape index (κ3) is 4.68. The van der Waals surface area contributed by atoms with Gasteiger partial charge in [0, 0.05) is 38.3 Å². The second-order valence-corrected chi connectivity index (χ2v) is 5.55. The first-order valence-electron chi connectivity index (χ1n) is 7.68. The molecule has 1 heterocycles. The van der Waals surface area contributed by atoms with E-state index in [1.54, 1.807) is 7.11 Å². The van der Waals surface area contributed by atoms with Gasteiger partial charge in [0.1, 0.15) is 5.75 Å². The molecule has 5 heteroatoms. The molecule has 0 unspecified atom stereocenters. The monoisotopic (exact) mass is 293 g/mol. The van der Waals surface area contributed by atoms with E-state index < -0.39 is 0 Å². The molecule has 0 aliphatic carbocycles. The molecular formula is C16H27N3O2. The van der Waals surface area contributed by atoms with Crippen molar-refractivity contribution in [1.82, 2.24) is 9.80 Å². The summed E-state index contributed by atoms with van der Waals surface area (Å²) >= 11 is 0. The molecule has 3 N–H and O–H groups in total. The van der Waals surface area contributed by atoms with Crippen molar-refractivity contribution in [2.24, 2.45) is 5.73 Å². The molecule has 0 saturated carbocycles. The van der Waals surface area contributed by atoms with Gasteiger partial charge in [-0.1, -0.05) is 6.07 Å². The zero-order valence-corrected chi connectivity index (χ0v) is 12.9. The number of benzene rings is 1. The van der Waals surface area contributed by atoms with Crippen LogP contribution in [-0.2, 0) is 13.1 Å². The summed E-state index contributed by atoms with van der Waals surface area (Å²) in [7, 11) is 1.71. The molecule has 1 aliphatic rings. The highest BCUT2D eigenvalue weighted by Gasteiger charge is 2.16. The third-order valence-corrected chi connectivity index (χ3v) is 4.07. The van der Waals surface area contributed by atoms with Crippen LogP contribution in [0.1, 0.15) is 17.5 Å². The van der Waals surface area contributed by atoms with Gasteiger partial charge in [0.2, 0.25) is 0 Å². The van der Waals surface area contributed by atoms with E-state index in [4.69, 9.17) is 15.6 Å². The van der Waals surface area contributed by atoms with E-state index in [0.29, 0.717) is 6.54 Å². The minimum Gasteiger partial charge on any atom is -0.496 e. The van der Waals surface area contributed by atoms with Crippen LogP contribution in [0.3, 0.4) is 0 Å². The lowest BCUT2D eigenvalue weighted by Crippen LogP contribution is -2.32. The van der Waals surface area contributed by atoms with Gasteiger partial charge in [-0.2, -0.15) is 0 Å². The molecule has 0 radical (unpaired) electrons. The number of methoxy groups -OCH3 is 1. The fraction of sp³-hybridized carbons (Fsp3) is 0.625.